The van der Waals surface area contributed by atoms with Crippen LogP contribution in [0.4, 0.5) is 4.39 Å². The summed E-state index contributed by atoms with van der Waals surface area (Å²) in [7, 11) is 0. The van der Waals surface area contributed by atoms with Gasteiger partial charge in [-0.15, -0.1) is 11.3 Å². The molecule has 0 bridgehead atoms. The molecule has 0 fully saturated rings. The zero-order chi connectivity index (χ0) is 19.3. The normalized spacial score (nSPS) is 15.0. The fourth-order valence-corrected chi connectivity index (χ4v) is 4.60. The Hall–Kier alpha value is -2.50. The molecule has 2 aromatic carbocycles. The maximum atomic E-state index is 13.0. The number of carbonyl (C=O) groups is 1. The summed E-state index contributed by atoms with van der Waals surface area (Å²) in [4.78, 5) is 16.1. The molecule has 3 nitrogen and oxygen atoms in total. The van der Waals surface area contributed by atoms with Crippen molar-refractivity contribution in [2.45, 2.75) is 25.4 Å². The zero-order valence-electron chi connectivity index (χ0n) is 15.6. The third-order valence-electron chi connectivity index (χ3n) is 5.24. The third kappa shape index (κ3) is 4.49. The van der Waals surface area contributed by atoms with E-state index >= 15 is 0 Å². The van der Waals surface area contributed by atoms with E-state index in [1.54, 1.807) is 23.5 Å². The van der Waals surface area contributed by atoms with Crippen molar-refractivity contribution in [1.29, 1.82) is 0 Å². The molecule has 4 rings (SSSR count). The molecular weight excluding hydrogens is 371 g/mol. The number of hydrogen-bond donors (Lipinski definition) is 1. The molecule has 1 atom stereocenters. The predicted molar refractivity (Wildman–Crippen MR) is 111 cm³/mol. The first-order valence-electron chi connectivity index (χ1n) is 9.54. The SMILES string of the molecule is O=C(Cc1ccc(F)cc1)NC[C@H](c1cccs1)N1CCc2ccccc2C1. The minimum Gasteiger partial charge on any atom is -0.354 e. The van der Waals surface area contributed by atoms with E-state index in [9.17, 15) is 9.18 Å². The topological polar surface area (TPSA) is 32.3 Å². The number of carbonyl (C=O) groups excluding carboxylic acids is 1. The highest BCUT2D eigenvalue weighted by Gasteiger charge is 2.25. The molecule has 1 aromatic heterocycles. The van der Waals surface area contributed by atoms with E-state index < -0.39 is 0 Å². The molecule has 0 aliphatic carbocycles. The lowest BCUT2D eigenvalue weighted by Crippen LogP contribution is -2.40. The third-order valence-corrected chi connectivity index (χ3v) is 6.22. The van der Waals surface area contributed by atoms with Crippen molar-refractivity contribution < 1.29 is 9.18 Å². The largest absolute Gasteiger partial charge is 0.354 e. The van der Waals surface area contributed by atoms with E-state index in [2.05, 4.69) is 52.0 Å². The number of benzene rings is 2. The van der Waals surface area contributed by atoms with Crippen molar-refractivity contribution >= 4 is 17.2 Å². The lowest BCUT2D eigenvalue weighted by atomic mass is 9.98. The highest BCUT2D eigenvalue weighted by atomic mass is 32.1. The molecule has 28 heavy (non-hydrogen) atoms. The quantitative estimate of drug-likeness (QED) is 0.674. The molecule has 144 valence electrons. The molecule has 0 saturated heterocycles. The number of fused-ring (bicyclic) bond motifs is 1. The fourth-order valence-electron chi connectivity index (χ4n) is 3.73. The first-order valence-corrected chi connectivity index (χ1v) is 10.4. The van der Waals surface area contributed by atoms with Gasteiger partial charge in [-0.05, 0) is 46.7 Å². The standard InChI is InChI=1S/C23H23FN2OS/c24-20-9-7-17(8-10-20)14-23(27)25-15-21(22-6-3-13-28-22)26-12-11-18-4-1-2-5-19(18)16-26/h1-10,13,21H,11-12,14-16H2,(H,25,27)/t21-/m1/s1. The van der Waals surface area contributed by atoms with Gasteiger partial charge in [-0.2, -0.15) is 0 Å². The molecular formula is C23H23FN2OS. The first-order chi connectivity index (χ1) is 13.7. The Morgan fingerprint density at radius 2 is 1.86 bits per heavy atom. The number of hydrogen-bond acceptors (Lipinski definition) is 3. The number of nitrogens with zero attached hydrogens (tertiary/aromatic N) is 1. The van der Waals surface area contributed by atoms with Crippen LogP contribution >= 0.6 is 11.3 Å². The Kier molecular flexibility index (Phi) is 5.84. The minimum absolute atomic E-state index is 0.0365. The van der Waals surface area contributed by atoms with Crippen molar-refractivity contribution in [3.8, 4) is 0 Å². The van der Waals surface area contributed by atoms with Crippen LogP contribution in [0.2, 0.25) is 0 Å². The van der Waals surface area contributed by atoms with Gasteiger partial charge in [0.2, 0.25) is 5.91 Å². The van der Waals surface area contributed by atoms with Gasteiger partial charge in [0.1, 0.15) is 5.82 Å². The van der Waals surface area contributed by atoms with Gasteiger partial charge in [0.25, 0.3) is 0 Å². The van der Waals surface area contributed by atoms with Gasteiger partial charge in [0.15, 0.2) is 0 Å². The zero-order valence-corrected chi connectivity index (χ0v) is 16.4. The predicted octanol–water partition coefficient (Wildman–Crippen LogP) is 4.35. The van der Waals surface area contributed by atoms with Crippen molar-refractivity contribution in [3.63, 3.8) is 0 Å². The molecule has 1 amide bonds. The number of rotatable bonds is 6. The summed E-state index contributed by atoms with van der Waals surface area (Å²) in [5.74, 6) is -0.321. The average Bonchev–Trinajstić information content (AvgIpc) is 3.24. The molecule has 1 aliphatic heterocycles. The van der Waals surface area contributed by atoms with E-state index in [-0.39, 0.29) is 24.2 Å². The highest BCUT2D eigenvalue weighted by molar-refractivity contribution is 7.10. The second-order valence-electron chi connectivity index (χ2n) is 7.13. The van der Waals surface area contributed by atoms with Crippen LogP contribution in [-0.4, -0.2) is 23.9 Å². The van der Waals surface area contributed by atoms with E-state index in [4.69, 9.17) is 0 Å². The van der Waals surface area contributed by atoms with Crippen LogP contribution in [0.25, 0.3) is 0 Å². The molecule has 0 unspecified atom stereocenters. The van der Waals surface area contributed by atoms with Gasteiger partial charge < -0.3 is 5.32 Å². The van der Waals surface area contributed by atoms with E-state index in [1.165, 1.54) is 28.1 Å². The second kappa shape index (κ2) is 8.67. The van der Waals surface area contributed by atoms with Gasteiger partial charge in [0.05, 0.1) is 12.5 Å². The smallest absolute Gasteiger partial charge is 0.224 e. The Labute approximate surface area is 168 Å². The van der Waals surface area contributed by atoms with Gasteiger partial charge >= 0.3 is 0 Å². The maximum absolute atomic E-state index is 13.0. The number of thiophene rings is 1. The molecule has 0 saturated carbocycles. The van der Waals surface area contributed by atoms with Crippen molar-refractivity contribution in [3.05, 3.63) is 93.4 Å². The molecule has 5 heteroatoms. The van der Waals surface area contributed by atoms with Crippen LogP contribution in [0.1, 0.15) is 27.6 Å². The van der Waals surface area contributed by atoms with Crippen LogP contribution in [-0.2, 0) is 24.2 Å². The summed E-state index contributed by atoms with van der Waals surface area (Å²) >= 11 is 1.73. The lowest BCUT2D eigenvalue weighted by molar-refractivity contribution is -0.120. The van der Waals surface area contributed by atoms with Crippen molar-refractivity contribution in [2.24, 2.45) is 0 Å². The van der Waals surface area contributed by atoms with E-state index in [1.807, 2.05) is 0 Å². The molecule has 1 aliphatic rings. The summed E-state index contributed by atoms with van der Waals surface area (Å²) in [5, 5.41) is 5.17. The fraction of sp³-hybridized carbons (Fsp3) is 0.261. The molecule has 0 radical (unpaired) electrons. The summed E-state index contributed by atoms with van der Waals surface area (Å²) in [5.41, 5.74) is 3.61. The summed E-state index contributed by atoms with van der Waals surface area (Å²) in [6.45, 7) is 2.45. The Bertz CT molecular complexity index is 924. The minimum atomic E-state index is -0.285. The van der Waals surface area contributed by atoms with Crippen LogP contribution in [0.15, 0.2) is 66.0 Å². The van der Waals surface area contributed by atoms with Gasteiger partial charge in [0, 0.05) is 24.5 Å². The van der Waals surface area contributed by atoms with Crippen molar-refractivity contribution in [1.82, 2.24) is 10.2 Å². The molecule has 0 spiro atoms. The van der Waals surface area contributed by atoms with Gasteiger partial charge in [-0.25, -0.2) is 4.39 Å². The second-order valence-corrected chi connectivity index (χ2v) is 8.11. The molecule has 2 heterocycles. The van der Waals surface area contributed by atoms with Gasteiger partial charge in [-0.3, -0.25) is 9.69 Å². The van der Waals surface area contributed by atoms with Crippen LogP contribution < -0.4 is 5.32 Å². The van der Waals surface area contributed by atoms with E-state index in [0.717, 1.165) is 25.1 Å². The van der Waals surface area contributed by atoms with Crippen LogP contribution in [0.5, 0.6) is 0 Å². The molecule has 1 N–H and O–H groups in total. The van der Waals surface area contributed by atoms with Crippen LogP contribution in [0, 0.1) is 5.82 Å². The summed E-state index contributed by atoms with van der Waals surface area (Å²) < 4.78 is 13.0. The van der Waals surface area contributed by atoms with Gasteiger partial charge in [-0.1, -0.05) is 42.5 Å². The monoisotopic (exact) mass is 394 g/mol. The van der Waals surface area contributed by atoms with Crippen LogP contribution in [0.3, 0.4) is 0 Å². The summed E-state index contributed by atoms with van der Waals surface area (Å²) in [6, 6.07) is 19.1. The number of nitrogens with one attached hydrogen (secondary N) is 1. The lowest BCUT2D eigenvalue weighted by Gasteiger charge is -2.35. The van der Waals surface area contributed by atoms with Crippen molar-refractivity contribution in [2.75, 3.05) is 13.1 Å². The number of halogens is 1. The summed E-state index contributed by atoms with van der Waals surface area (Å²) in [6.07, 6.45) is 1.29. The maximum Gasteiger partial charge on any atom is 0.224 e. The molecule has 3 aromatic rings. The first kappa shape index (κ1) is 18.8. The number of amides is 1. The highest BCUT2D eigenvalue weighted by Crippen LogP contribution is 2.30. The Balaban J connectivity index is 1.43. The Morgan fingerprint density at radius 1 is 1.07 bits per heavy atom. The Morgan fingerprint density at radius 3 is 2.61 bits per heavy atom. The average molecular weight is 395 g/mol. The van der Waals surface area contributed by atoms with E-state index in [0.29, 0.717) is 6.54 Å².